The van der Waals surface area contributed by atoms with Crippen molar-refractivity contribution in [3.05, 3.63) is 71.4 Å². The van der Waals surface area contributed by atoms with Crippen molar-refractivity contribution in [2.24, 2.45) is 5.92 Å². The highest BCUT2D eigenvalue weighted by Gasteiger charge is 2.41. The van der Waals surface area contributed by atoms with Gasteiger partial charge < -0.3 is 14.4 Å². The van der Waals surface area contributed by atoms with Crippen molar-refractivity contribution in [3.8, 4) is 5.75 Å². The molecule has 0 radical (unpaired) electrons. The Morgan fingerprint density at radius 2 is 1.66 bits per heavy atom. The Morgan fingerprint density at radius 3 is 2.25 bits per heavy atom. The van der Waals surface area contributed by atoms with E-state index in [1.54, 1.807) is 7.11 Å². The number of likely N-dealkylation sites (N-methyl/N-ethyl adjacent to an activating group) is 1. The van der Waals surface area contributed by atoms with E-state index >= 15 is 0 Å². The van der Waals surface area contributed by atoms with Crippen LogP contribution in [0.3, 0.4) is 0 Å². The van der Waals surface area contributed by atoms with Gasteiger partial charge in [-0.1, -0.05) is 56.3 Å². The molecule has 6 nitrogen and oxygen atoms in total. The lowest BCUT2D eigenvalue weighted by molar-refractivity contribution is -0.138. The fraction of sp³-hybridized carbons (Fsp3) is 0.385. The fourth-order valence-electron chi connectivity index (χ4n) is 3.64. The highest BCUT2D eigenvalue weighted by molar-refractivity contribution is 6.35. The van der Waals surface area contributed by atoms with Crippen molar-refractivity contribution in [3.63, 3.8) is 0 Å². The number of ether oxygens (including phenoxy) is 2. The molecule has 170 valence electrons. The second kappa shape index (κ2) is 11.0. The Bertz CT molecular complexity index is 952. The predicted octanol–water partition coefficient (Wildman–Crippen LogP) is 3.97. The van der Waals surface area contributed by atoms with Crippen molar-refractivity contribution in [1.29, 1.82) is 0 Å². The van der Waals surface area contributed by atoms with Crippen molar-refractivity contribution >= 4 is 17.4 Å². The molecular weight excluding hydrogens is 404 g/mol. The summed E-state index contributed by atoms with van der Waals surface area (Å²) in [6, 6.07) is 17.4. The summed E-state index contributed by atoms with van der Waals surface area (Å²) in [6.45, 7) is 8.46. The summed E-state index contributed by atoms with van der Waals surface area (Å²) in [6.07, 6.45) is 0. The lowest BCUT2D eigenvalue weighted by Gasteiger charge is -2.25. The van der Waals surface area contributed by atoms with E-state index in [1.807, 2.05) is 66.4 Å². The summed E-state index contributed by atoms with van der Waals surface area (Å²) in [5.74, 6) is 0.599. The zero-order valence-electron chi connectivity index (χ0n) is 19.3. The average molecular weight is 437 g/mol. The van der Waals surface area contributed by atoms with Crippen molar-refractivity contribution in [2.45, 2.75) is 27.3 Å². The number of hydrogen-bond acceptors (Lipinski definition) is 5. The number of rotatable bonds is 11. The van der Waals surface area contributed by atoms with Crippen LogP contribution < -0.4 is 4.74 Å². The Morgan fingerprint density at radius 1 is 0.969 bits per heavy atom. The molecule has 0 unspecified atom stereocenters. The molecule has 2 amide bonds. The molecule has 2 aromatic carbocycles. The topological polar surface area (TPSA) is 59.1 Å². The standard InChI is InChI=1S/C26H32N2O4/c1-5-27(17-20-9-7-6-8-10-20)24-23(25(29)28(26(24)30)15-16-31-4)21-11-13-22(14-12-21)32-18-19(2)3/h6-14,19H,5,15-18H2,1-4H3. The molecule has 1 aliphatic rings. The van der Waals surface area contributed by atoms with Gasteiger partial charge in [-0.3, -0.25) is 14.5 Å². The summed E-state index contributed by atoms with van der Waals surface area (Å²) >= 11 is 0. The highest BCUT2D eigenvalue weighted by Crippen LogP contribution is 2.33. The van der Waals surface area contributed by atoms with Gasteiger partial charge in [0.2, 0.25) is 0 Å². The van der Waals surface area contributed by atoms with Crippen LogP contribution in [-0.2, 0) is 20.9 Å². The molecule has 0 atom stereocenters. The van der Waals surface area contributed by atoms with Gasteiger partial charge in [-0.15, -0.1) is 0 Å². The van der Waals surface area contributed by atoms with Gasteiger partial charge in [0.05, 0.1) is 25.3 Å². The van der Waals surface area contributed by atoms with Crippen LogP contribution in [0.1, 0.15) is 31.9 Å². The first kappa shape index (κ1) is 23.5. The number of methoxy groups -OCH3 is 1. The number of carbonyl (C=O) groups is 2. The number of imide groups is 1. The van der Waals surface area contributed by atoms with E-state index in [-0.39, 0.29) is 18.4 Å². The molecule has 0 aliphatic carbocycles. The van der Waals surface area contributed by atoms with E-state index in [1.165, 1.54) is 4.90 Å². The molecule has 0 saturated carbocycles. The molecule has 2 aromatic rings. The Kier molecular flexibility index (Phi) is 8.06. The van der Waals surface area contributed by atoms with Crippen LogP contribution in [0, 0.1) is 5.92 Å². The molecule has 1 heterocycles. The Labute approximate surface area is 190 Å². The summed E-state index contributed by atoms with van der Waals surface area (Å²) in [7, 11) is 1.56. The molecule has 32 heavy (non-hydrogen) atoms. The predicted molar refractivity (Wildman–Crippen MR) is 125 cm³/mol. The molecule has 3 rings (SSSR count). The molecule has 0 spiro atoms. The van der Waals surface area contributed by atoms with Gasteiger partial charge in [-0.05, 0) is 36.1 Å². The van der Waals surface area contributed by atoms with E-state index in [2.05, 4.69) is 13.8 Å². The quantitative estimate of drug-likeness (QED) is 0.499. The molecule has 6 heteroatoms. The first-order valence-corrected chi connectivity index (χ1v) is 11.1. The minimum Gasteiger partial charge on any atom is -0.493 e. The number of hydrogen-bond donors (Lipinski definition) is 0. The third kappa shape index (κ3) is 5.37. The minimum atomic E-state index is -0.288. The van der Waals surface area contributed by atoms with Crippen LogP contribution in [0.2, 0.25) is 0 Å². The minimum absolute atomic E-state index is 0.222. The second-order valence-electron chi connectivity index (χ2n) is 8.21. The van der Waals surface area contributed by atoms with Gasteiger partial charge in [-0.2, -0.15) is 0 Å². The Balaban J connectivity index is 1.98. The van der Waals surface area contributed by atoms with Crippen molar-refractivity contribution in [1.82, 2.24) is 9.80 Å². The lowest BCUT2D eigenvalue weighted by Crippen LogP contribution is -2.37. The van der Waals surface area contributed by atoms with Gasteiger partial charge in [0.15, 0.2) is 0 Å². The average Bonchev–Trinajstić information content (AvgIpc) is 3.05. The van der Waals surface area contributed by atoms with Crippen LogP contribution in [0.15, 0.2) is 60.3 Å². The largest absolute Gasteiger partial charge is 0.493 e. The third-order valence-electron chi connectivity index (χ3n) is 5.30. The Hall–Kier alpha value is -3.12. The third-order valence-corrected chi connectivity index (χ3v) is 5.30. The number of benzene rings is 2. The molecule has 0 aromatic heterocycles. The monoisotopic (exact) mass is 436 g/mol. The first-order valence-electron chi connectivity index (χ1n) is 11.1. The van der Waals surface area contributed by atoms with Crippen LogP contribution in [0.5, 0.6) is 5.75 Å². The first-order chi connectivity index (χ1) is 15.5. The molecule has 1 aliphatic heterocycles. The molecule has 0 N–H and O–H groups in total. The zero-order chi connectivity index (χ0) is 23.1. The molecular formula is C26H32N2O4. The van der Waals surface area contributed by atoms with E-state index in [0.717, 1.165) is 11.3 Å². The summed E-state index contributed by atoms with van der Waals surface area (Å²) < 4.78 is 10.9. The lowest BCUT2D eigenvalue weighted by atomic mass is 10.0. The van der Waals surface area contributed by atoms with Gasteiger partial charge in [0.1, 0.15) is 11.4 Å². The van der Waals surface area contributed by atoms with E-state index in [4.69, 9.17) is 9.47 Å². The van der Waals surface area contributed by atoms with Crippen LogP contribution in [0.25, 0.3) is 5.57 Å². The summed E-state index contributed by atoms with van der Waals surface area (Å²) in [5.41, 5.74) is 2.66. The molecule has 0 saturated heterocycles. The van der Waals surface area contributed by atoms with Crippen LogP contribution in [-0.4, -0.2) is 55.0 Å². The van der Waals surface area contributed by atoms with Gasteiger partial charge in [-0.25, -0.2) is 0 Å². The van der Waals surface area contributed by atoms with Crippen molar-refractivity contribution in [2.75, 3.05) is 33.4 Å². The second-order valence-corrected chi connectivity index (χ2v) is 8.21. The normalized spacial score (nSPS) is 14.0. The van der Waals surface area contributed by atoms with Gasteiger partial charge >= 0.3 is 0 Å². The maximum Gasteiger partial charge on any atom is 0.277 e. The van der Waals surface area contributed by atoms with E-state index in [9.17, 15) is 9.59 Å². The highest BCUT2D eigenvalue weighted by atomic mass is 16.5. The van der Waals surface area contributed by atoms with Crippen LogP contribution in [0.4, 0.5) is 0 Å². The fourth-order valence-corrected chi connectivity index (χ4v) is 3.64. The SMILES string of the molecule is CCN(Cc1ccccc1)C1=C(c2ccc(OCC(C)C)cc2)C(=O)N(CCOC)C1=O. The van der Waals surface area contributed by atoms with Gasteiger partial charge in [0.25, 0.3) is 11.8 Å². The number of amides is 2. The van der Waals surface area contributed by atoms with E-state index in [0.29, 0.717) is 49.1 Å². The van der Waals surface area contributed by atoms with Gasteiger partial charge in [0, 0.05) is 20.2 Å². The summed E-state index contributed by atoms with van der Waals surface area (Å²) in [5, 5.41) is 0. The zero-order valence-corrected chi connectivity index (χ0v) is 19.3. The summed E-state index contributed by atoms with van der Waals surface area (Å²) in [4.78, 5) is 30.0. The van der Waals surface area contributed by atoms with Crippen LogP contribution >= 0.6 is 0 Å². The van der Waals surface area contributed by atoms with E-state index < -0.39 is 0 Å². The molecule has 0 bridgehead atoms. The van der Waals surface area contributed by atoms with Crippen molar-refractivity contribution < 1.29 is 19.1 Å². The smallest absolute Gasteiger partial charge is 0.277 e. The maximum atomic E-state index is 13.4. The maximum absolute atomic E-state index is 13.4. The number of carbonyl (C=O) groups excluding carboxylic acids is 2. The number of nitrogens with zero attached hydrogens (tertiary/aromatic N) is 2. The molecule has 0 fully saturated rings.